The van der Waals surface area contributed by atoms with Gasteiger partial charge in [-0.15, -0.1) is 0 Å². The Balaban J connectivity index is 1.22. The van der Waals surface area contributed by atoms with Crippen molar-refractivity contribution in [2.45, 2.75) is 51.0 Å². The second-order valence-corrected chi connectivity index (χ2v) is 10.4. The van der Waals surface area contributed by atoms with Gasteiger partial charge in [0.2, 0.25) is 0 Å². The van der Waals surface area contributed by atoms with E-state index in [1.165, 1.54) is 16.1 Å². The van der Waals surface area contributed by atoms with Gasteiger partial charge in [0.1, 0.15) is 12.1 Å². The van der Waals surface area contributed by atoms with Crippen molar-refractivity contribution >= 4 is 16.9 Å². The first-order valence-electron chi connectivity index (χ1n) is 13.9. The molecule has 1 N–H and O–H groups in total. The van der Waals surface area contributed by atoms with E-state index in [2.05, 4.69) is 29.2 Å². The third-order valence-corrected chi connectivity index (χ3v) is 7.74. The van der Waals surface area contributed by atoms with Crippen LogP contribution in [0.1, 0.15) is 49.5 Å². The van der Waals surface area contributed by atoms with Crippen LogP contribution in [0.5, 0.6) is 0 Å². The molecule has 0 spiro atoms. The van der Waals surface area contributed by atoms with Gasteiger partial charge >= 0.3 is 11.7 Å². The number of benzene rings is 3. The molecule has 0 radical (unpaired) electrons. The Kier molecular flexibility index (Phi) is 8.57. The van der Waals surface area contributed by atoms with Gasteiger partial charge in [-0.05, 0) is 56.0 Å². The lowest BCUT2D eigenvalue weighted by Crippen LogP contribution is -2.43. The van der Waals surface area contributed by atoms with Gasteiger partial charge in [-0.25, -0.2) is 9.59 Å². The van der Waals surface area contributed by atoms with Crippen LogP contribution in [0.2, 0.25) is 0 Å². The van der Waals surface area contributed by atoms with Crippen molar-refractivity contribution in [3.63, 3.8) is 0 Å². The number of ether oxygens (including phenoxy) is 1. The Bertz CT molecular complexity index is 1520. The molecule has 1 saturated heterocycles. The van der Waals surface area contributed by atoms with Gasteiger partial charge < -0.3 is 14.7 Å². The summed E-state index contributed by atoms with van der Waals surface area (Å²) >= 11 is 0. The molecule has 1 aliphatic heterocycles. The summed E-state index contributed by atoms with van der Waals surface area (Å²) in [6, 6.07) is 26.2. The number of nitrogens with zero attached hydrogens (tertiary/aromatic N) is 3. The Labute approximate surface area is 233 Å². The van der Waals surface area contributed by atoms with Gasteiger partial charge in [0.15, 0.2) is 0 Å². The van der Waals surface area contributed by atoms with E-state index >= 15 is 0 Å². The number of carbonyl (C=O) groups is 1. The van der Waals surface area contributed by atoms with E-state index in [0.717, 1.165) is 43.6 Å². The van der Waals surface area contributed by atoms with Crippen LogP contribution < -0.4 is 11.2 Å². The van der Waals surface area contributed by atoms with E-state index in [4.69, 9.17) is 4.74 Å². The predicted octanol–water partition coefficient (Wildman–Crippen LogP) is 4.47. The number of rotatable bonds is 10. The Morgan fingerprint density at radius 3 is 2.05 bits per heavy atom. The zero-order chi connectivity index (χ0) is 28.1. The number of piperidine rings is 1. The standard InChI is InChI=1S/C32H35N3O5/c1-23(31(37)38)35-28-16-9-8-15-27(28)30(36)34(32(35)39)20-10-19-33-21-17-26(18-22-33)40-29(24-11-4-2-5-12-24)25-13-6-3-7-14-25/h2-9,11-16,23,26,29H,10,17-22H2,1H3,(H,37,38). The third-order valence-electron chi connectivity index (χ3n) is 7.74. The summed E-state index contributed by atoms with van der Waals surface area (Å²) in [5, 5.41) is 9.91. The Morgan fingerprint density at radius 2 is 1.45 bits per heavy atom. The molecule has 0 amide bonds. The minimum atomic E-state index is -1.12. The van der Waals surface area contributed by atoms with Crippen LogP contribution in [-0.4, -0.2) is 50.8 Å². The van der Waals surface area contributed by atoms with E-state index < -0.39 is 17.7 Å². The molecule has 1 atom stereocenters. The van der Waals surface area contributed by atoms with E-state index in [9.17, 15) is 19.5 Å². The quantitative estimate of drug-likeness (QED) is 0.319. The zero-order valence-electron chi connectivity index (χ0n) is 22.7. The summed E-state index contributed by atoms with van der Waals surface area (Å²) in [6.45, 7) is 4.16. The number of para-hydroxylation sites is 1. The van der Waals surface area contributed by atoms with Gasteiger partial charge in [0.25, 0.3) is 5.56 Å². The molecule has 40 heavy (non-hydrogen) atoms. The SMILES string of the molecule is CC(C(=O)O)n1c(=O)n(CCCN2CCC(OC(c3ccccc3)c3ccccc3)CC2)c(=O)c2ccccc21. The van der Waals surface area contributed by atoms with Crippen LogP contribution in [0.3, 0.4) is 0 Å². The van der Waals surface area contributed by atoms with E-state index in [-0.39, 0.29) is 24.3 Å². The molecule has 2 heterocycles. The summed E-state index contributed by atoms with van der Waals surface area (Å²) in [4.78, 5) is 40.4. The van der Waals surface area contributed by atoms with Crippen molar-refractivity contribution in [3.05, 3.63) is 117 Å². The van der Waals surface area contributed by atoms with Crippen molar-refractivity contribution < 1.29 is 14.6 Å². The smallest absolute Gasteiger partial charge is 0.332 e. The zero-order valence-corrected chi connectivity index (χ0v) is 22.7. The van der Waals surface area contributed by atoms with Crippen molar-refractivity contribution in [2.24, 2.45) is 0 Å². The first-order valence-corrected chi connectivity index (χ1v) is 13.9. The van der Waals surface area contributed by atoms with E-state index in [1.807, 2.05) is 36.4 Å². The number of hydrogen-bond acceptors (Lipinski definition) is 5. The highest BCUT2D eigenvalue weighted by atomic mass is 16.5. The molecule has 1 aliphatic rings. The van der Waals surface area contributed by atoms with Crippen molar-refractivity contribution in [1.29, 1.82) is 0 Å². The molecule has 1 aromatic heterocycles. The fraction of sp³-hybridized carbons (Fsp3) is 0.344. The lowest BCUT2D eigenvalue weighted by atomic mass is 10.00. The minimum absolute atomic E-state index is 0.117. The maximum absolute atomic E-state index is 13.2. The highest BCUT2D eigenvalue weighted by Crippen LogP contribution is 2.30. The van der Waals surface area contributed by atoms with Crippen LogP contribution >= 0.6 is 0 Å². The summed E-state index contributed by atoms with van der Waals surface area (Å²) in [7, 11) is 0. The molecule has 3 aromatic carbocycles. The topological polar surface area (TPSA) is 93.8 Å². The monoisotopic (exact) mass is 541 g/mol. The van der Waals surface area contributed by atoms with Crippen LogP contribution in [-0.2, 0) is 16.1 Å². The third kappa shape index (κ3) is 5.93. The molecular weight excluding hydrogens is 506 g/mol. The Hall–Kier alpha value is -4.01. The largest absolute Gasteiger partial charge is 0.480 e. The van der Waals surface area contributed by atoms with Gasteiger partial charge in [0, 0.05) is 19.6 Å². The maximum atomic E-state index is 13.2. The van der Waals surface area contributed by atoms with Gasteiger partial charge in [0.05, 0.1) is 17.0 Å². The van der Waals surface area contributed by atoms with E-state index in [0.29, 0.717) is 17.3 Å². The maximum Gasteiger partial charge on any atom is 0.332 e. The second kappa shape index (κ2) is 12.4. The highest BCUT2D eigenvalue weighted by Gasteiger charge is 2.25. The fourth-order valence-corrected chi connectivity index (χ4v) is 5.53. The first-order chi connectivity index (χ1) is 19.4. The molecule has 8 nitrogen and oxygen atoms in total. The van der Waals surface area contributed by atoms with Crippen molar-refractivity contribution in [3.8, 4) is 0 Å². The lowest BCUT2D eigenvalue weighted by Gasteiger charge is -2.34. The van der Waals surface area contributed by atoms with Gasteiger partial charge in [-0.2, -0.15) is 0 Å². The highest BCUT2D eigenvalue weighted by molar-refractivity contribution is 5.81. The van der Waals surface area contributed by atoms with Crippen LogP contribution in [0.25, 0.3) is 10.9 Å². The fourth-order valence-electron chi connectivity index (χ4n) is 5.53. The van der Waals surface area contributed by atoms with E-state index in [1.54, 1.807) is 24.3 Å². The molecule has 0 saturated carbocycles. The molecule has 8 heteroatoms. The number of fused-ring (bicyclic) bond motifs is 1. The summed E-state index contributed by atoms with van der Waals surface area (Å²) in [5.41, 5.74) is 1.66. The average Bonchev–Trinajstić information content (AvgIpc) is 2.99. The summed E-state index contributed by atoms with van der Waals surface area (Å²) in [6.07, 6.45) is 2.42. The molecule has 4 aromatic rings. The number of aliphatic carboxylic acids is 1. The van der Waals surface area contributed by atoms with Gasteiger partial charge in [-0.3, -0.25) is 13.9 Å². The van der Waals surface area contributed by atoms with Crippen LogP contribution in [0.15, 0.2) is 94.5 Å². The normalized spacial score (nSPS) is 15.4. The average molecular weight is 542 g/mol. The predicted molar refractivity (Wildman–Crippen MR) is 155 cm³/mol. The number of likely N-dealkylation sites (tertiary alicyclic amines) is 1. The molecule has 208 valence electrons. The minimum Gasteiger partial charge on any atom is -0.480 e. The van der Waals surface area contributed by atoms with Crippen LogP contribution in [0, 0.1) is 0 Å². The molecule has 1 fully saturated rings. The number of aromatic nitrogens is 2. The van der Waals surface area contributed by atoms with Crippen molar-refractivity contribution in [1.82, 2.24) is 14.0 Å². The first kappa shape index (κ1) is 27.6. The molecular formula is C32H35N3O5. The number of hydrogen-bond donors (Lipinski definition) is 1. The molecule has 5 rings (SSSR count). The number of carboxylic acid groups (broad SMARTS) is 1. The molecule has 0 bridgehead atoms. The Morgan fingerprint density at radius 1 is 0.875 bits per heavy atom. The van der Waals surface area contributed by atoms with Gasteiger partial charge in [-0.1, -0.05) is 72.8 Å². The number of carboxylic acids is 1. The van der Waals surface area contributed by atoms with Crippen molar-refractivity contribution in [2.75, 3.05) is 19.6 Å². The second-order valence-electron chi connectivity index (χ2n) is 10.4. The summed E-state index contributed by atoms with van der Waals surface area (Å²) < 4.78 is 9.04. The molecule has 1 unspecified atom stereocenters. The van der Waals surface area contributed by atoms with Crippen LogP contribution in [0.4, 0.5) is 0 Å². The lowest BCUT2D eigenvalue weighted by molar-refractivity contribution is -0.140. The summed E-state index contributed by atoms with van der Waals surface area (Å²) in [5.74, 6) is -1.12. The molecule has 0 aliphatic carbocycles.